The second kappa shape index (κ2) is 4.72. The minimum absolute atomic E-state index is 0.0595. The lowest BCUT2D eigenvalue weighted by Crippen LogP contribution is -2.14. The molecule has 0 saturated carbocycles. The summed E-state index contributed by atoms with van der Waals surface area (Å²) in [6.07, 6.45) is 2.41. The molecule has 0 amide bonds. The third kappa shape index (κ3) is 3.03. The molecule has 1 N–H and O–H groups in total. The Bertz CT molecular complexity index is 192. The highest BCUT2D eigenvalue weighted by atomic mass is 16.1. The number of carbonyl (C=O) groups is 1. The van der Waals surface area contributed by atoms with E-state index in [4.69, 9.17) is 0 Å². The summed E-state index contributed by atoms with van der Waals surface area (Å²) < 4.78 is 0. The minimum atomic E-state index is 0.0595. The summed E-state index contributed by atoms with van der Waals surface area (Å²) in [6, 6.07) is 0. The average molecular weight is 153 g/mol. The first-order chi connectivity index (χ1) is 5.13. The Kier molecular flexibility index (Phi) is 4.27. The van der Waals surface area contributed by atoms with Gasteiger partial charge in [0.05, 0.1) is 5.70 Å². The number of nitrogens with one attached hydrogen (secondary N) is 1. The number of rotatable bonds is 4. The molecule has 0 aromatic heterocycles. The fourth-order valence-corrected chi connectivity index (χ4v) is 0.804. The lowest BCUT2D eigenvalue weighted by molar-refractivity contribution is -0.113. The van der Waals surface area contributed by atoms with Crippen molar-refractivity contribution < 1.29 is 4.79 Å². The van der Waals surface area contributed by atoms with E-state index in [1.54, 1.807) is 6.92 Å². The van der Waals surface area contributed by atoms with Gasteiger partial charge in [-0.2, -0.15) is 0 Å². The molecule has 0 radical (unpaired) electrons. The first-order valence-electron chi connectivity index (χ1n) is 3.71. The molecule has 0 heterocycles. The van der Waals surface area contributed by atoms with Gasteiger partial charge in [0.1, 0.15) is 0 Å². The van der Waals surface area contributed by atoms with Crippen LogP contribution in [0.2, 0.25) is 0 Å². The predicted octanol–water partition coefficient (Wildman–Crippen LogP) is 1.99. The fourth-order valence-electron chi connectivity index (χ4n) is 0.804. The summed E-state index contributed by atoms with van der Waals surface area (Å²) in [4.78, 5) is 11.0. The molecule has 0 fully saturated rings. The van der Waals surface area contributed by atoms with E-state index < -0.39 is 0 Å². The second-order valence-corrected chi connectivity index (χ2v) is 2.41. The van der Waals surface area contributed by atoms with Gasteiger partial charge in [-0.25, -0.2) is 0 Å². The van der Waals surface area contributed by atoms with Gasteiger partial charge in [0.15, 0.2) is 5.78 Å². The van der Waals surface area contributed by atoms with Gasteiger partial charge in [0.25, 0.3) is 0 Å². The van der Waals surface area contributed by atoms with E-state index in [2.05, 4.69) is 11.9 Å². The van der Waals surface area contributed by atoms with Crippen LogP contribution in [0.25, 0.3) is 0 Å². The molecule has 0 rings (SSSR count). The van der Waals surface area contributed by atoms with Crippen molar-refractivity contribution in [2.75, 3.05) is 0 Å². The van der Waals surface area contributed by atoms with Crippen LogP contribution in [0.1, 0.15) is 27.2 Å². The van der Waals surface area contributed by atoms with E-state index in [9.17, 15) is 4.79 Å². The zero-order chi connectivity index (χ0) is 8.85. The van der Waals surface area contributed by atoms with Gasteiger partial charge < -0.3 is 5.32 Å². The van der Waals surface area contributed by atoms with Crippen LogP contribution in [0.3, 0.4) is 0 Å². The molecular weight excluding hydrogens is 138 g/mol. The number of Topliss-reactive ketones (excluding diaryl/α,β-unsaturated/α-hetero) is 1. The van der Waals surface area contributed by atoms with Crippen LogP contribution in [0.5, 0.6) is 0 Å². The highest BCUT2D eigenvalue weighted by Crippen LogP contribution is 2.05. The van der Waals surface area contributed by atoms with E-state index in [0.29, 0.717) is 5.70 Å². The maximum atomic E-state index is 11.0. The van der Waals surface area contributed by atoms with Crippen molar-refractivity contribution in [2.45, 2.75) is 27.2 Å². The fraction of sp³-hybridized carbons (Fsp3) is 0.444. The molecule has 0 aliphatic carbocycles. The Hall–Kier alpha value is -1.05. The zero-order valence-electron chi connectivity index (χ0n) is 7.40. The summed E-state index contributed by atoms with van der Waals surface area (Å²) in [5.41, 5.74) is 1.74. The third-order valence-corrected chi connectivity index (χ3v) is 1.56. The highest BCUT2D eigenvalue weighted by molar-refractivity contribution is 5.93. The molecule has 0 bridgehead atoms. The lowest BCUT2D eigenvalue weighted by Gasteiger charge is -2.06. The first kappa shape index (κ1) is 9.95. The molecular formula is C9H15NO. The van der Waals surface area contributed by atoms with E-state index >= 15 is 0 Å². The Morgan fingerprint density at radius 1 is 1.55 bits per heavy atom. The molecule has 0 aliphatic heterocycles. The predicted molar refractivity (Wildman–Crippen MR) is 47.0 cm³/mol. The molecule has 62 valence electrons. The Morgan fingerprint density at radius 3 is 2.36 bits per heavy atom. The van der Waals surface area contributed by atoms with Crippen LogP contribution < -0.4 is 5.32 Å². The maximum Gasteiger partial charge on any atom is 0.175 e. The molecule has 0 aromatic rings. The van der Waals surface area contributed by atoms with Crippen molar-refractivity contribution in [3.05, 3.63) is 24.0 Å². The normalized spacial score (nSPS) is 11.9. The number of ketones is 1. The molecule has 0 spiro atoms. The van der Waals surface area contributed by atoms with Crippen molar-refractivity contribution in [3.63, 3.8) is 0 Å². The third-order valence-electron chi connectivity index (χ3n) is 1.56. The van der Waals surface area contributed by atoms with Gasteiger partial charge in [-0.1, -0.05) is 13.5 Å². The second-order valence-electron chi connectivity index (χ2n) is 2.41. The monoisotopic (exact) mass is 153 g/mol. The molecule has 11 heavy (non-hydrogen) atoms. The summed E-state index contributed by atoms with van der Waals surface area (Å²) in [5.74, 6) is 0.0595. The SMILES string of the molecule is C=CN/C(C(C)=O)=C(/C)CC. The van der Waals surface area contributed by atoms with Crippen LogP contribution in [-0.4, -0.2) is 5.78 Å². The largest absolute Gasteiger partial charge is 0.359 e. The Balaban J connectivity index is 4.56. The zero-order valence-corrected chi connectivity index (χ0v) is 7.40. The maximum absolute atomic E-state index is 11.0. The highest BCUT2D eigenvalue weighted by Gasteiger charge is 2.03. The van der Waals surface area contributed by atoms with Gasteiger partial charge in [-0.05, 0) is 25.1 Å². The number of carbonyl (C=O) groups excluding carboxylic acids is 1. The minimum Gasteiger partial charge on any atom is -0.359 e. The standard InChI is InChI=1S/C9H15NO/c1-5-7(3)9(8(4)11)10-6-2/h6,10H,2,5H2,1,3-4H3/b9-7-. The number of hydrogen-bond acceptors (Lipinski definition) is 2. The van der Waals surface area contributed by atoms with E-state index in [-0.39, 0.29) is 5.78 Å². The average Bonchev–Trinajstić information content (AvgIpc) is 1.98. The van der Waals surface area contributed by atoms with Crippen LogP contribution in [0, 0.1) is 0 Å². The van der Waals surface area contributed by atoms with Crippen LogP contribution >= 0.6 is 0 Å². The number of hydrogen-bond donors (Lipinski definition) is 1. The molecule has 0 aliphatic rings. The van der Waals surface area contributed by atoms with Crippen molar-refractivity contribution >= 4 is 5.78 Å². The summed E-state index contributed by atoms with van der Waals surface area (Å²) >= 11 is 0. The summed E-state index contributed by atoms with van der Waals surface area (Å²) in [6.45, 7) is 9.00. The lowest BCUT2D eigenvalue weighted by atomic mass is 10.1. The van der Waals surface area contributed by atoms with Crippen LogP contribution in [0.4, 0.5) is 0 Å². The van der Waals surface area contributed by atoms with Crippen molar-refractivity contribution in [1.29, 1.82) is 0 Å². The van der Waals surface area contributed by atoms with Crippen molar-refractivity contribution in [1.82, 2.24) is 5.32 Å². The molecule has 2 nitrogen and oxygen atoms in total. The van der Waals surface area contributed by atoms with Gasteiger partial charge in [-0.3, -0.25) is 4.79 Å². The summed E-state index contributed by atoms with van der Waals surface area (Å²) in [7, 11) is 0. The summed E-state index contributed by atoms with van der Waals surface area (Å²) in [5, 5.41) is 2.83. The molecule has 2 heteroatoms. The van der Waals surface area contributed by atoms with Crippen LogP contribution in [-0.2, 0) is 4.79 Å². The Morgan fingerprint density at radius 2 is 2.09 bits per heavy atom. The van der Waals surface area contributed by atoms with Gasteiger partial charge >= 0.3 is 0 Å². The molecule has 0 atom stereocenters. The van der Waals surface area contributed by atoms with E-state index in [1.165, 1.54) is 6.20 Å². The van der Waals surface area contributed by atoms with E-state index in [0.717, 1.165) is 12.0 Å². The molecule has 0 unspecified atom stereocenters. The van der Waals surface area contributed by atoms with Gasteiger partial charge in [-0.15, -0.1) is 0 Å². The van der Waals surface area contributed by atoms with Gasteiger partial charge in [0, 0.05) is 6.92 Å². The van der Waals surface area contributed by atoms with Crippen molar-refractivity contribution in [3.8, 4) is 0 Å². The molecule has 0 saturated heterocycles. The van der Waals surface area contributed by atoms with Crippen molar-refractivity contribution in [2.24, 2.45) is 0 Å². The topological polar surface area (TPSA) is 29.1 Å². The first-order valence-corrected chi connectivity index (χ1v) is 3.71. The van der Waals surface area contributed by atoms with Gasteiger partial charge in [0.2, 0.25) is 0 Å². The smallest absolute Gasteiger partial charge is 0.175 e. The van der Waals surface area contributed by atoms with E-state index in [1.807, 2.05) is 13.8 Å². The quantitative estimate of drug-likeness (QED) is 0.626. The Labute approximate surface area is 68.0 Å². The molecule has 0 aromatic carbocycles. The van der Waals surface area contributed by atoms with Crippen LogP contribution in [0.15, 0.2) is 24.0 Å². The number of allylic oxidation sites excluding steroid dienone is 2.